The van der Waals surface area contributed by atoms with E-state index in [0.29, 0.717) is 12.4 Å². The normalized spacial score (nSPS) is 10.4. The third-order valence-electron chi connectivity index (χ3n) is 3.43. The van der Waals surface area contributed by atoms with E-state index in [9.17, 15) is 4.79 Å². The molecule has 0 radical (unpaired) electrons. The van der Waals surface area contributed by atoms with Crippen molar-refractivity contribution in [3.8, 4) is 5.75 Å². The van der Waals surface area contributed by atoms with Gasteiger partial charge in [-0.05, 0) is 30.9 Å². The van der Waals surface area contributed by atoms with Crippen LogP contribution in [0.15, 0.2) is 24.3 Å². The van der Waals surface area contributed by atoms with Crippen LogP contribution in [0.4, 0.5) is 4.79 Å². The lowest BCUT2D eigenvalue weighted by Crippen LogP contribution is -2.12. The Morgan fingerprint density at radius 1 is 0.952 bits per heavy atom. The summed E-state index contributed by atoms with van der Waals surface area (Å²) in [4.78, 5) is 11.7. The lowest BCUT2D eigenvalue weighted by molar-refractivity contribution is 0.0970. The van der Waals surface area contributed by atoms with E-state index in [1.807, 2.05) is 24.3 Å². The van der Waals surface area contributed by atoms with Crippen LogP contribution in [0, 0.1) is 0 Å². The number of carbonyl (C=O) groups excluding carboxylic acids is 1. The molecule has 0 atom stereocenters. The summed E-state index contributed by atoms with van der Waals surface area (Å²) in [5.74, 6) is 0.632. The molecule has 0 amide bonds. The van der Waals surface area contributed by atoms with Crippen molar-refractivity contribution in [1.82, 2.24) is 0 Å². The Balaban J connectivity index is 2.37. The smallest absolute Gasteiger partial charge is 0.434 e. The Hall–Kier alpha value is -1.51. The largest absolute Gasteiger partial charge is 0.513 e. The highest BCUT2D eigenvalue weighted by atomic mass is 16.7. The molecule has 0 aromatic heterocycles. The van der Waals surface area contributed by atoms with Crippen LogP contribution >= 0.6 is 0 Å². The molecule has 0 aliphatic carbocycles. The quantitative estimate of drug-likeness (QED) is 0.324. The number of unbranched alkanes of at least 4 members (excludes halogenated alkanes) is 5. The summed E-state index contributed by atoms with van der Waals surface area (Å²) in [6.07, 6.45) is 8.19. The minimum absolute atomic E-state index is 0.441. The molecule has 0 spiro atoms. The number of hydrogen-bond acceptors (Lipinski definition) is 3. The van der Waals surface area contributed by atoms with Crippen molar-refractivity contribution in [2.24, 2.45) is 0 Å². The van der Waals surface area contributed by atoms with Gasteiger partial charge in [-0.25, -0.2) is 4.79 Å². The monoisotopic (exact) mass is 292 g/mol. The van der Waals surface area contributed by atoms with E-state index in [0.717, 1.165) is 31.2 Å². The molecule has 118 valence electrons. The van der Waals surface area contributed by atoms with E-state index in [4.69, 9.17) is 9.47 Å². The molecule has 1 aromatic carbocycles. The first-order chi connectivity index (χ1) is 10.3. The molecule has 0 fully saturated rings. The zero-order valence-electron chi connectivity index (χ0n) is 13.4. The van der Waals surface area contributed by atoms with Crippen LogP contribution in [0.1, 0.15) is 64.4 Å². The molecule has 0 bridgehead atoms. The van der Waals surface area contributed by atoms with Gasteiger partial charge in [0.25, 0.3) is 0 Å². The van der Waals surface area contributed by atoms with Crippen molar-refractivity contribution in [2.75, 3.05) is 6.61 Å². The number of para-hydroxylation sites is 1. The van der Waals surface area contributed by atoms with Crippen LogP contribution < -0.4 is 4.74 Å². The molecule has 0 heterocycles. The zero-order valence-corrected chi connectivity index (χ0v) is 13.4. The molecule has 0 aliphatic heterocycles. The summed E-state index contributed by atoms with van der Waals surface area (Å²) in [7, 11) is 0. The van der Waals surface area contributed by atoms with Crippen molar-refractivity contribution in [2.45, 2.75) is 65.2 Å². The molecule has 0 saturated heterocycles. The van der Waals surface area contributed by atoms with Gasteiger partial charge in [0, 0.05) is 0 Å². The third kappa shape index (κ3) is 7.74. The summed E-state index contributed by atoms with van der Waals surface area (Å²) in [5, 5.41) is 0. The molecule has 3 nitrogen and oxygen atoms in total. The van der Waals surface area contributed by atoms with Gasteiger partial charge in [0.15, 0.2) is 0 Å². The average molecular weight is 292 g/mol. The van der Waals surface area contributed by atoms with Gasteiger partial charge in [-0.1, -0.05) is 64.2 Å². The first kappa shape index (κ1) is 17.5. The molecule has 1 rings (SSSR count). The minimum atomic E-state index is -0.588. The zero-order chi connectivity index (χ0) is 15.3. The molecule has 0 N–H and O–H groups in total. The number of rotatable bonds is 10. The second kappa shape index (κ2) is 11.2. The van der Waals surface area contributed by atoms with Gasteiger partial charge in [0.1, 0.15) is 5.75 Å². The maximum atomic E-state index is 11.7. The van der Waals surface area contributed by atoms with E-state index < -0.39 is 6.16 Å². The van der Waals surface area contributed by atoms with Crippen molar-refractivity contribution in [1.29, 1.82) is 0 Å². The summed E-state index contributed by atoms with van der Waals surface area (Å²) < 4.78 is 10.4. The van der Waals surface area contributed by atoms with Gasteiger partial charge in [0.05, 0.1) is 6.61 Å². The standard InChI is InChI=1S/C18H28O3/c1-3-5-7-11-15-20-18(19)21-17-14-10-9-13-16(17)12-8-6-4-2/h9-10,13-14H,3-8,11-12,15H2,1-2H3. The van der Waals surface area contributed by atoms with Gasteiger partial charge < -0.3 is 9.47 Å². The SMILES string of the molecule is CCCCCCOC(=O)Oc1ccccc1CCCCC. The predicted octanol–water partition coefficient (Wildman–Crippen LogP) is 5.52. The molecule has 0 aliphatic rings. The molecule has 21 heavy (non-hydrogen) atoms. The Morgan fingerprint density at radius 2 is 1.67 bits per heavy atom. The highest BCUT2D eigenvalue weighted by Gasteiger charge is 2.09. The topological polar surface area (TPSA) is 35.5 Å². The van der Waals surface area contributed by atoms with Crippen LogP contribution in [0.2, 0.25) is 0 Å². The maximum Gasteiger partial charge on any atom is 0.513 e. The summed E-state index contributed by atoms with van der Waals surface area (Å²) in [6, 6.07) is 7.70. The van der Waals surface area contributed by atoms with E-state index in [1.54, 1.807) is 0 Å². The summed E-state index contributed by atoms with van der Waals surface area (Å²) >= 11 is 0. The van der Waals surface area contributed by atoms with Crippen LogP contribution in [0.3, 0.4) is 0 Å². The van der Waals surface area contributed by atoms with Gasteiger partial charge in [0.2, 0.25) is 0 Å². The van der Waals surface area contributed by atoms with Crippen molar-refractivity contribution in [3.05, 3.63) is 29.8 Å². The van der Waals surface area contributed by atoms with Crippen LogP contribution in [0.25, 0.3) is 0 Å². The molecule has 3 heteroatoms. The number of aryl methyl sites for hydroxylation is 1. The van der Waals surface area contributed by atoms with Crippen molar-refractivity contribution >= 4 is 6.16 Å². The minimum Gasteiger partial charge on any atom is -0.434 e. The Kier molecular flexibility index (Phi) is 9.34. The first-order valence-electron chi connectivity index (χ1n) is 8.20. The predicted molar refractivity (Wildman–Crippen MR) is 85.8 cm³/mol. The lowest BCUT2D eigenvalue weighted by atomic mass is 10.1. The molecule has 0 unspecified atom stereocenters. The maximum absolute atomic E-state index is 11.7. The van der Waals surface area contributed by atoms with Crippen LogP contribution in [-0.4, -0.2) is 12.8 Å². The first-order valence-corrected chi connectivity index (χ1v) is 8.20. The van der Waals surface area contributed by atoms with Crippen LogP contribution in [-0.2, 0) is 11.2 Å². The van der Waals surface area contributed by atoms with Crippen molar-refractivity contribution < 1.29 is 14.3 Å². The number of carbonyl (C=O) groups is 1. The molecule has 1 aromatic rings. The van der Waals surface area contributed by atoms with Gasteiger partial charge in [-0.3, -0.25) is 0 Å². The fraction of sp³-hybridized carbons (Fsp3) is 0.611. The Labute approximate surface area is 128 Å². The third-order valence-corrected chi connectivity index (χ3v) is 3.43. The Morgan fingerprint density at radius 3 is 2.43 bits per heavy atom. The van der Waals surface area contributed by atoms with Gasteiger partial charge in [-0.2, -0.15) is 0 Å². The number of ether oxygens (including phenoxy) is 2. The lowest BCUT2D eigenvalue weighted by Gasteiger charge is -2.10. The van der Waals surface area contributed by atoms with Crippen molar-refractivity contribution in [3.63, 3.8) is 0 Å². The average Bonchev–Trinajstić information content (AvgIpc) is 2.49. The number of hydrogen-bond donors (Lipinski definition) is 0. The fourth-order valence-corrected chi connectivity index (χ4v) is 2.18. The van der Waals surface area contributed by atoms with Gasteiger partial charge in [-0.15, -0.1) is 0 Å². The molecule has 0 saturated carbocycles. The number of benzene rings is 1. The summed E-state index contributed by atoms with van der Waals surface area (Å²) in [6.45, 7) is 4.78. The van der Waals surface area contributed by atoms with E-state index >= 15 is 0 Å². The second-order valence-corrected chi connectivity index (χ2v) is 5.33. The highest BCUT2D eigenvalue weighted by Crippen LogP contribution is 2.21. The van der Waals surface area contributed by atoms with Gasteiger partial charge >= 0.3 is 6.16 Å². The fourth-order valence-electron chi connectivity index (χ4n) is 2.18. The highest BCUT2D eigenvalue weighted by molar-refractivity contribution is 5.64. The van der Waals surface area contributed by atoms with E-state index in [-0.39, 0.29) is 0 Å². The van der Waals surface area contributed by atoms with E-state index in [1.165, 1.54) is 25.7 Å². The second-order valence-electron chi connectivity index (χ2n) is 5.33. The Bertz CT molecular complexity index is 401. The van der Waals surface area contributed by atoms with Crippen LogP contribution in [0.5, 0.6) is 5.75 Å². The molecular weight excluding hydrogens is 264 g/mol. The van der Waals surface area contributed by atoms with E-state index in [2.05, 4.69) is 13.8 Å². The summed E-state index contributed by atoms with van der Waals surface area (Å²) in [5.41, 5.74) is 1.08. The molecular formula is C18H28O3.